The van der Waals surface area contributed by atoms with Gasteiger partial charge in [-0.25, -0.2) is 9.59 Å². The van der Waals surface area contributed by atoms with Gasteiger partial charge in [-0.3, -0.25) is 0 Å². The second kappa shape index (κ2) is 6.50. The van der Waals surface area contributed by atoms with E-state index in [-0.39, 0.29) is 31.2 Å². The highest BCUT2D eigenvalue weighted by Crippen LogP contribution is 2.43. The minimum atomic E-state index is -0.722. The van der Waals surface area contributed by atoms with Crippen molar-refractivity contribution in [2.24, 2.45) is 0 Å². The Balaban J connectivity index is 2.95. The van der Waals surface area contributed by atoms with Gasteiger partial charge >= 0.3 is 11.9 Å². The van der Waals surface area contributed by atoms with E-state index in [0.717, 1.165) is 0 Å². The van der Waals surface area contributed by atoms with Crippen LogP contribution in [-0.4, -0.2) is 26.2 Å². The highest BCUT2D eigenvalue weighted by molar-refractivity contribution is 6.55. The molecule has 22 heavy (non-hydrogen) atoms. The summed E-state index contributed by atoms with van der Waals surface area (Å²) in [6.45, 7) is 0. The highest BCUT2D eigenvalue weighted by Gasteiger charge is 2.23. The summed E-state index contributed by atoms with van der Waals surface area (Å²) < 4.78 is 9.33. The molecule has 0 heterocycles. The molecule has 0 bridgehead atoms. The summed E-state index contributed by atoms with van der Waals surface area (Å²) >= 11 is 24.3. The van der Waals surface area contributed by atoms with E-state index in [9.17, 15) is 9.59 Å². The van der Waals surface area contributed by atoms with Gasteiger partial charge in [0.25, 0.3) is 0 Å². The van der Waals surface area contributed by atoms with Crippen molar-refractivity contribution < 1.29 is 19.1 Å². The predicted molar refractivity (Wildman–Crippen MR) is 86.7 cm³/mol. The summed E-state index contributed by atoms with van der Waals surface area (Å²) in [5.74, 6) is -1.44. The van der Waals surface area contributed by atoms with E-state index in [1.54, 1.807) is 0 Å². The number of benzene rings is 2. The first kappa shape index (κ1) is 17.2. The lowest BCUT2D eigenvalue weighted by Crippen LogP contribution is -2.12. The van der Waals surface area contributed by atoms with Crippen LogP contribution in [0.25, 0.3) is 10.8 Å². The second-order valence-electron chi connectivity index (χ2n) is 4.18. The Kier molecular flexibility index (Phi) is 5.07. The first-order valence-corrected chi connectivity index (χ1v) is 7.31. The minimum Gasteiger partial charge on any atom is -0.465 e. The quantitative estimate of drug-likeness (QED) is 0.416. The molecule has 116 valence electrons. The Morgan fingerprint density at radius 1 is 0.727 bits per heavy atom. The van der Waals surface area contributed by atoms with Crippen molar-refractivity contribution in [1.29, 1.82) is 0 Å². The zero-order valence-electron chi connectivity index (χ0n) is 11.3. The van der Waals surface area contributed by atoms with Crippen molar-refractivity contribution in [2.75, 3.05) is 14.2 Å². The molecule has 0 radical (unpaired) electrons. The third-order valence-electron chi connectivity index (χ3n) is 3.02. The third kappa shape index (κ3) is 2.72. The number of carbonyl (C=O) groups excluding carboxylic acids is 2. The van der Waals surface area contributed by atoms with E-state index in [0.29, 0.717) is 10.8 Å². The molecule has 0 fully saturated rings. The van der Waals surface area contributed by atoms with Crippen molar-refractivity contribution in [3.63, 3.8) is 0 Å². The number of halogens is 4. The Labute approximate surface area is 145 Å². The van der Waals surface area contributed by atoms with Crippen LogP contribution in [0.2, 0.25) is 20.1 Å². The van der Waals surface area contributed by atoms with Crippen LogP contribution in [-0.2, 0) is 9.47 Å². The summed E-state index contributed by atoms with van der Waals surface area (Å²) in [6.07, 6.45) is 0. The van der Waals surface area contributed by atoms with Crippen molar-refractivity contribution in [1.82, 2.24) is 0 Å². The third-order valence-corrected chi connectivity index (χ3v) is 4.85. The van der Waals surface area contributed by atoms with Crippen molar-refractivity contribution >= 4 is 69.1 Å². The molecule has 0 N–H and O–H groups in total. The monoisotopic (exact) mass is 380 g/mol. The topological polar surface area (TPSA) is 52.6 Å². The average Bonchev–Trinajstić information content (AvgIpc) is 2.55. The number of rotatable bonds is 2. The molecule has 8 heteroatoms. The van der Waals surface area contributed by atoms with Crippen LogP contribution in [0, 0.1) is 0 Å². The Morgan fingerprint density at radius 2 is 1.05 bits per heavy atom. The maximum absolute atomic E-state index is 11.9. The van der Waals surface area contributed by atoms with Gasteiger partial charge in [-0.2, -0.15) is 0 Å². The number of carbonyl (C=O) groups is 2. The molecular formula is C14H8Cl4O4. The number of ether oxygens (including phenoxy) is 2. The van der Waals surface area contributed by atoms with E-state index in [1.165, 1.54) is 26.4 Å². The number of hydrogen-bond donors (Lipinski definition) is 0. The largest absolute Gasteiger partial charge is 0.465 e. The normalized spacial score (nSPS) is 10.6. The average molecular weight is 382 g/mol. The van der Waals surface area contributed by atoms with Crippen LogP contribution in [0.3, 0.4) is 0 Å². The molecule has 0 aliphatic carbocycles. The molecule has 0 unspecified atom stereocenters. The highest BCUT2D eigenvalue weighted by atomic mass is 35.5. The lowest BCUT2D eigenvalue weighted by molar-refractivity contribution is 0.0555. The zero-order valence-corrected chi connectivity index (χ0v) is 14.3. The Morgan fingerprint density at radius 3 is 1.32 bits per heavy atom. The van der Waals surface area contributed by atoms with Crippen molar-refractivity contribution in [3.8, 4) is 0 Å². The molecule has 0 aliphatic rings. The first-order valence-electron chi connectivity index (χ1n) is 5.79. The molecule has 0 aliphatic heterocycles. The van der Waals surface area contributed by atoms with Crippen molar-refractivity contribution in [3.05, 3.63) is 43.4 Å². The van der Waals surface area contributed by atoms with Gasteiger partial charge in [0.2, 0.25) is 0 Å². The Hall–Kier alpha value is -1.20. The maximum atomic E-state index is 11.9. The first-order chi connectivity index (χ1) is 10.3. The van der Waals surface area contributed by atoms with E-state index in [2.05, 4.69) is 9.47 Å². The summed E-state index contributed by atoms with van der Waals surface area (Å²) in [4.78, 5) is 23.8. The fraction of sp³-hybridized carbons (Fsp3) is 0.143. The van der Waals surface area contributed by atoms with Gasteiger partial charge in [-0.05, 0) is 12.1 Å². The predicted octanol–water partition coefficient (Wildman–Crippen LogP) is 5.03. The SMILES string of the molecule is COC(=O)c1cc2c(Cl)c(Cl)c(Cl)c(Cl)c2cc1C(=O)OC. The molecule has 0 saturated carbocycles. The summed E-state index contributed by atoms with van der Waals surface area (Å²) in [5.41, 5.74) is -0.0311. The molecule has 2 rings (SSSR count). The lowest BCUT2D eigenvalue weighted by Gasteiger charge is -2.12. The standard InChI is InChI=1S/C14H8Cl4O4/c1-21-13(19)7-3-5-6(4-8(7)14(20)22-2)10(16)12(18)11(17)9(5)15/h3-4H,1-2H3. The molecule has 2 aromatic rings. The smallest absolute Gasteiger partial charge is 0.338 e. The van der Waals surface area contributed by atoms with Crippen molar-refractivity contribution in [2.45, 2.75) is 0 Å². The van der Waals surface area contributed by atoms with Crippen LogP contribution in [0.4, 0.5) is 0 Å². The van der Waals surface area contributed by atoms with Gasteiger partial charge in [0.1, 0.15) is 0 Å². The van der Waals surface area contributed by atoms with Gasteiger partial charge < -0.3 is 9.47 Å². The van der Waals surface area contributed by atoms with Gasteiger partial charge in [-0.1, -0.05) is 46.4 Å². The maximum Gasteiger partial charge on any atom is 0.338 e. The molecule has 4 nitrogen and oxygen atoms in total. The molecular weight excluding hydrogens is 374 g/mol. The Bertz CT molecular complexity index is 735. The fourth-order valence-electron chi connectivity index (χ4n) is 1.95. The molecule has 0 aromatic heterocycles. The number of methoxy groups -OCH3 is 2. The van der Waals surface area contributed by atoms with E-state index < -0.39 is 11.9 Å². The summed E-state index contributed by atoms with van der Waals surface area (Å²) in [6, 6.07) is 2.73. The van der Waals surface area contributed by atoms with Gasteiger partial charge in [0.15, 0.2) is 0 Å². The van der Waals surface area contributed by atoms with Crippen LogP contribution in [0.1, 0.15) is 20.7 Å². The van der Waals surface area contributed by atoms with Gasteiger partial charge in [0, 0.05) is 10.8 Å². The fourth-order valence-corrected chi connectivity index (χ4v) is 2.94. The number of esters is 2. The molecule has 0 amide bonds. The van der Waals surface area contributed by atoms with E-state index in [4.69, 9.17) is 46.4 Å². The minimum absolute atomic E-state index is 0.0156. The van der Waals surface area contributed by atoms with E-state index in [1.807, 2.05) is 0 Å². The van der Waals surface area contributed by atoms with Gasteiger partial charge in [0.05, 0.1) is 45.4 Å². The molecule has 2 aromatic carbocycles. The summed E-state index contributed by atoms with van der Waals surface area (Å²) in [5, 5.41) is 1.09. The van der Waals surface area contributed by atoms with E-state index >= 15 is 0 Å². The zero-order chi connectivity index (χ0) is 16.6. The second-order valence-corrected chi connectivity index (χ2v) is 5.69. The van der Waals surface area contributed by atoms with Crippen LogP contribution in [0.15, 0.2) is 12.1 Å². The summed E-state index contributed by atoms with van der Waals surface area (Å²) in [7, 11) is 2.38. The molecule has 0 saturated heterocycles. The van der Waals surface area contributed by atoms with Crippen LogP contribution in [0.5, 0.6) is 0 Å². The molecule has 0 atom stereocenters. The van der Waals surface area contributed by atoms with Crippen LogP contribution < -0.4 is 0 Å². The number of fused-ring (bicyclic) bond motifs is 1. The molecule has 0 spiro atoms. The lowest BCUT2D eigenvalue weighted by atomic mass is 10.0. The van der Waals surface area contributed by atoms with Crippen LogP contribution >= 0.6 is 46.4 Å². The number of hydrogen-bond acceptors (Lipinski definition) is 4. The van der Waals surface area contributed by atoms with Gasteiger partial charge in [-0.15, -0.1) is 0 Å².